The van der Waals surface area contributed by atoms with E-state index in [0.717, 1.165) is 11.8 Å². The zero-order chi connectivity index (χ0) is 27.3. The van der Waals surface area contributed by atoms with Crippen LogP contribution in [0.4, 0.5) is 4.39 Å². The molecule has 0 spiro atoms. The van der Waals surface area contributed by atoms with Crippen LogP contribution in [0, 0.1) is 5.82 Å². The van der Waals surface area contributed by atoms with Gasteiger partial charge in [0.05, 0.1) is 20.5 Å². The Morgan fingerprint density at radius 2 is 1.59 bits per heavy atom. The van der Waals surface area contributed by atoms with Crippen LogP contribution in [0.15, 0.2) is 60.2 Å². The van der Waals surface area contributed by atoms with Gasteiger partial charge in [-0.2, -0.15) is 8.42 Å². The number of allylic oxidation sites excluding steroid dienone is 1. The molecule has 1 N–H and O–H groups in total. The second-order valence-electron chi connectivity index (χ2n) is 8.26. The first-order chi connectivity index (χ1) is 17.4. The highest BCUT2D eigenvalue weighted by molar-refractivity contribution is 7.86. The van der Waals surface area contributed by atoms with E-state index >= 15 is 0 Å². The molecule has 3 aromatic carbocycles. The lowest BCUT2D eigenvalue weighted by atomic mass is 9.92. The first-order valence-electron chi connectivity index (χ1n) is 11.0. The fourth-order valence-electron chi connectivity index (χ4n) is 3.66. The molecule has 0 atom stereocenters. The second-order valence-corrected chi connectivity index (χ2v) is 9.84. The van der Waals surface area contributed by atoms with Crippen LogP contribution in [0.1, 0.15) is 24.2 Å². The van der Waals surface area contributed by atoms with Crippen LogP contribution >= 0.6 is 0 Å². The molecule has 0 bridgehead atoms. The number of halogens is 1. The molecule has 0 radical (unpaired) electrons. The highest BCUT2D eigenvalue weighted by Crippen LogP contribution is 2.46. The fourth-order valence-corrected chi connectivity index (χ4v) is 4.11. The van der Waals surface area contributed by atoms with E-state index < -0.39 is 21.9 Å². The molecule has 0 unspecified atom stereocenters. The molecule has 3 rings (SSSR count). The minimum absolute atomic E-state index is 0.00357. The van der Waals surface area contributed by atoms with Crippen molar-refractivity contribution in [2.75, 3.05) is 27.1 Å². The molecule has 0 amide bonds. The van der Waals surface area contributed by atoms with Crippen LogP contribution in [-0.2, 0) is 10.1 Å². The number of methoxy groups -OCH3 is 2. The lowest BCUT2D eigenvalue weighted by Gasteiger charge is -2.20. The van der Waals surface area contributed by atoms with Gasteiger partial charge in [0.25, 0.3) is 0 Å². The molecule has 37 heavy (non-hydrogen) atoms. The predicted molar refractivity (Wildman–Crippen MR) is 138 cm³/mol. The zero-order valence-electron chi connectivity index (χ0n) is 21.0. The lowest BCUT2D eigenvalue weighted by Crippen LogP contribution is -2.09. The minimum Gasteiger partial charge on any atom is -0.496 e. The predicted octanol–water partition coefficient (Wildman–Crippen LogP) is 5.56. The van der Waals surface area contributed by atoms with Crippen LogP contribution in [0.3, 0.4) is 0 Å². The van der Waals surface area contributed by atoms with E-state index in [0.29, 0.717) is 16.7 Å². The van der Waals surface area contributed by atoms with Gasteiger partial charge >= 0.3 is 16.1 Å². The Morgan fingerprint density at radius 1 is 0.946 bits per heavy atom. The maximum atomic E-state index is 13.5. The molecule has 0 saturated carbocycles. The molecule has 10 heteroatoms. The van der Waals surface area contributed by atoms with E-state index in [4.69, 9.17) is 18.4 Å². The molecule has 0 aromatic heterocycles. The monoisotopic (exact) mass is 530 g/mol. The van der Waals surface area contributed by atoms with Gasteiger partial charge < -0.3 is 23.5 Å². The van der Waals surface area contributed by atoms with Gasteiger partial charge in [-0.3, -0.25) is 0 Å². The van der Waals surface area contributed by atoms with Crippen molar-refractivity contribution >= 4 is 16.1 Å². The van der Waals surface area contributed by atoms with Crippen LogP contribution in [0.2, 0.25) is 0 Å². The zero-order valence-corrected chi connectivity index (χ0v) is 21.8. The maximum absolute atomic E-state index is 13.5. The first-order valence-corrected chi connectivity index (χ1v) is 12.8. The summed E-state index contributed by atoms with van der Waals surface area (Å²) in [5, 5.41) is 10.1. The molecule has 196 valence electrons. The Hall–Kier alpha value is -4.05. The van der Waals surface area contributed by atoms with Gasteiger partial charge in [-0.25, -0.2) is 9.18 Å². The van der Waals surface area contributed by atoms with Crippen LogP contribution in [0.5, 0.6) is 23.0 Å². The smallest absolute Gasteiger partial charge is 0.340 e. The summed E-state index contributed by atoms with van der Waals surface area (Å²) in [5.74, 6) is -1.49. The molecular formula is C27H27FO8S. The number of ether oxygens (including phenoxy) is 3. The summed E-state index contributed by atoms with van der Waals surface area (Å²) in [6.45, 7) is 3.99. The third-order valence-corrected chi connectivity index (χ3v) is 5.72. The number of aromatic carboxylic acids is 1. The van der Waals surface area contributed by atoms with Crippen molar-refractivity contribution in [3.05, 3.63) is 71.6 Å². The average molecular weight is 531 g/mol. The SMILES string of the molecule is COc1cc(-c2ccc(OCC=C(C)C)c(OS(C)(=O)=O)c2)c(OC)c(C(=O)O)c1-c1ccc(F)cc1. The lowest BCUT2D eigenvalue weighted by molar-refractivity contribution is 0.0694. The summed E-state index contributed by atoms with van der Waals surface area (Å²) in [6, 6.07) is 11.4. The summed E-state index contributed by atoms with van der Waals surface area (Å²) in [4.78, 5) is 12.4. The molecule has 0 aliphatic heterocycles. The van der Waals surface area contributed by atoms with E-state index in [-0.39, 0.29) is 40.7 Å². The Bertz CT molecular complexity index is 1440. The van der Waals surface area contributed by atoms with Gasteiger partial charge in [-0.1, -0.05) is 23.8 Å². The van der Waals surface area contributed by atoms with Crippen LogP contribution in [-0.4, -0.2) is 46.6 Å². The molecule has 0 saturated heterocycles. The summed E-state index contributed by atoms with van der Waals surface area (Å²) in [7, 11) is -1.22. The average Bonchev–Trinajstić information content (AvgIpc) is 2.82. The van der Waals surface area contributed by atoms with Gasteiger partial charge in [-0.15, -0.1) is 0 Å². The Kier molecular flexibility index (Phi) is 8.44. The van der Waals surface area contributed by atoms with Crippen LogP contribution < -0.4 is 18.4 Å². The number of rotatable bonds is 10. The minimum atomic E-state index is -3.91. The molecule has 0 aliphatic rings. The van der Waals surface area contributed by atoms with Crippen molar-refractivity contribution in [3.63, 3.8) is 0 Å². The highest BCUT2D eigenvalue weighted by Gasteiger charge is 2.27. The molecule has 8 nitrogen and oxygen atoms in total. The highest BCUT2D eigenvalue weighted by atomic mass is 32.2. The van der Waals surface area contributed by atoms with Crippen molar-refractivity contribution in [2.45, 2.75) is 13.8 Å². The van der Waals surface area contributed by atoms with Crippen molar-refractivity contribution in [3.8, 4) is 45.3 Å². The summed E-state index contributed by atoms with van der Waals surface area (Å²) in [5.41, 5.74) is 2.10. The van der Waals surface area contributed by atoms with Crippen LogP contribution in [0.25, 0.3) is 22.3 Å². The number of hydrogen-bond donors (Lipinski definition) is 1. The summed E-state index contributed by atoms with van der Waals surface area (Å²) >= 11 is 0. The van der Waals surface area contributed by atoms with E-state index in [1.807, 2.05) is 19.9 Å². The van der Waals surface area contributed by atoms with E-state index in [1.165, 1.54) is 50.6 Å². The molecule has 0 heterocycles. The van der Waals surface area contributed by atoms with Crippen molar-refractivity contribution in [1.29, 1.82) is 0 Å². The Balaban J connectivity index is 2.27. The first kappa shape index (κ1) is 27.5. The Labute approximate surface area is 215 Å². The van der Waals surface area contributed by atoms with Crippen molar-refractivity contribution in [1.82, 2.24) is 0 Å². The van der Waals surface area contributed by atoms with Crippen molar-refractivity contribution < 1.29 is 41.1 Å². The van der Waals surface area contributed by atoms with Crippen molar-refractivity contribution in [2.24, 2.45) is 0 Å². The van der Waals surface area contributed by atoms with Gasteiger partial charge in [0, 0.05) is 11.1 Å². The topological polar surface area (TPSA) is 108 Å². The number of carboxylic acids is 1. The fraction of sp³-hybridized carbons (Fsp3) is 0.222. The standard InChI is InChI=1S/C27H27FO8S/c1-16(2)12-13-35-21-11-8-18(14-22(21)36-37(5,31)32)20-15-23(33-3)24(17-6-9-19(28)10-7-17)25(27(29)30)26(20)34-4/h6-12,14-15H,13H2,1-5H3,(H,29,30). The molecule has 0 fully saturated rings. The van der Waals surface area contributed by atoms with E-state index in [1.54, 1.807) is 12.1 Å². The summed E-state index contributed by atoms with van der Waals surface area (Å²) in [6.07, 6.45) is 2.72. The Morgan fingerprint density at radius 3 is 2.14 bits per heavy atom. The molecular weight excluding hydrogens is 503 g/mol. The van der Waals surface area contributed by atoms with Gasteiger partial charge in [-0.05, 0) is 61.4 Å². The van der Waals surface area contributed by atoms with E-state index in [9.17, 15) is 22.7 Å². The third kappa shape index (κ3) is 6.59. The quantitative estimate of drug-likeness (QED) is 0.268. The number of carboxylic acid groups (broad SMARTS) is 1. The van der Waals surface area contributed by atoms with Gasteiger partial charge in [0.1, 0.15) is 29.5 Å². The molecule has 3 aromatic rings. The normalized spacial score (nSPS) is 11.0. The van der Waals surface area contributed by atoms with E-state index in [2.05, 4.69) is 0 Å². The second kappa shape index (κ2) is 11.3. The molecule has 0 aliphatic carbocycles. The third-order valence-electron chi connectivity index (χ3n) is 5.24. The largest absolute Gasteiger partial charge is 0.496 e. The summed E-state index contributed by atoms with van der Waals surface area (Å²) < 4.78 is 59.3. The maximum Gasteiger partial charge on any atom is 0.340 e. The number of carbonyl (C=O) groups is 1. The number of benzene rings is 3. The van der Waals surface area contributed by atoms with Gasteiger partial charge in [0.15, 0.2) is 11.5 Å². The van der Waals surface area contributed by atoms with Gasteiger partial charge in [0.2, 0.25) is 0 Å². The number of hydrogen-bond acceptors (Lipinski definition) is 7.